The molecule has 0 unspecified atom stereocenters. The Morgan fingerprint density at radius 2 is 1.39 bits per heavy atom. The fourth-order valence-corrected chi connectivity index (χ4v) is 3.67. The van der Waals surface area contributed by atoms with Gasteiger partial charge < -0.3 is 9.84 Å². The molecule has 2 amide bonds. The molecule has 0 fully saturated rings. The molecule has 1 N–H and O–H groups in total. The standard InChI is InChI=1S/C17H15Cl4NO6/c1-17(2,3)28-7(23)5-4-6(16(26)27)22-14(24)8-9(15(22)25)11(19)13(21)12(20)10(8)18/h6H,4-5H2,1-3H3,(H,26,27)/t6-/m0/s1. The number of hydrogen-bond acceptors (Lipinski definition) is 5. The first-order valence-corrected chi connectivity index (χ1v) is 9.47. The van der Waals surface area contributed by atoms with Gasteiger partial charge in [-0.15, -0.1) is 0 Å². The van der Waals surface area contributed by atoms with Crippen LogP contribution in [0.2, 0.25) is 20.1 Å². The molecule has 0 spiro atoms. The van der Waals surface area contributed by atoms with Crippen molar-refractivity contribution in [1.29, 1.82) is 0 Å². The Bertz CT molecular complexity index is 846. The molecule has 1 aromatic rings. The lowest BCUT2D eigenvalue weighted by Crippen LogP contribution is -2.45. The first-order valence-electron chi connectivity index (χ1n) is 7.96. The summed E-state index contributed by atoms with van der Waals surface area (Å²) in [6.07, 6.45) is -0.683. The first kappa shape index (κ1) is 22.7. The third kappa shape index (κ3) is 4.22. The molecule has 0 aliphatic carbocycles. The Morgan fingerprint density at radius 3 is 1.75 bits per heavy atom. The van der Waals surface area contributed by atoms with Gasteiger partial charge >= 0.3 is 11.9 Å². The van der Waals surface area contributed by atoms with E-state index in [1.807, 2.05) is 0 Å². The van der Waals surface area contributed by atoms with Gasteiger partial charge in [0.05, 0.1) is 31.2 Å². The third-order valence-electron chi connectivity index (χ3n) is 3.77. The van der Waals surface area contributed by atoms with E-state index in [9.17, 15) is 24.3 Å². The summed E-state index contributed by atoms with van der Waals surface area (Å²) in [4.78, 5) is 49.6. The minimum atomic E-state index is -1.63. The maximum atomic E-state index is 12.7. The van der Waals surface area contributed by atoms with Crippen molar-refractivity contribution in [2.75, 3.05) is 0 Å². The number of carboxylic acid groups (broad SMARTS) is 1. The van der Waals surface area contributed by atoms with Crippen LogP contribution < -0.4 is 0 Å². The van der Waals surface area contributed by atoms with Crippen LogP contribution in [0.1, 0.15) is 54.3 Å². The zero-order valence-electron chi connectivity index (χ0n) is 14.9. The molecule has 152 valence electrons. The second-order valence-corrected chi connectivity index (χ2v) is 8.48. The number of carboxylic acids is 1. The van der Waals surface area contributed by atoms with Crippen molar-refractivity contribution in [3.8, 4) is 0 Å². The van der Waals surface area contributed by atoms with Crippen molar-refractivity contribution in [3.63, 3.8) is 0 Å². The number of aliphatic carboxylic acids is 1. The fourth-order valence-electron chi connectivity index (χ4n) is 2.66. The summed E-state index contributed by atoms with van der Waals surface area (Å²) >= 11 is 23.9. The first-order chi connectivity index (χ1) is 12.8. The summed E-state index contributed by atoms with van der Waals surface area (Å²) in [6.45, 7) is 4.96. The summed E-state index contributed by atoms with van der Waals surface area (Å²) in [5.41, 5.74) is -1.41. The summed E-state index contributed by atoms with van der Waals surface area (Å²) < 4.78 is 5.12. The van der Waals surface area contributed by atoms with Gasteiger partial charge in [-0.25, -0.2) is 4.79 Å². The van der Waals surface area contributed by atoms with Crippen molar-refractivity contribution in [1.82, 2.24) is 4.90 Å². The third-order valence-corrected chi connectivity index (χ3v) is 5.57. The number of esters is 1. The van der Waals surface area contributed by atoms with Crippen molar-refractivity contribution >= 4 is 70.2 Å². The van der Waals surface area contributed by atoms with Gasteiger partial charge in [0, 0.05) is 6.42 Å². The lowest BCUT2D eigenvalue weighted by atomic mass is 10.1. The fraction of sp³-hybridized carbons (Fsp3) is 0.412. The molecule has 0 saturated heterocycles. The molecular formula is C17H15Cl4NO6. The maximum Gasteiger partial charge on any atom is 0.326 e. The SMILES string of the molecule is CC(C)(C)OC(=O)CC[C@@H](C(=O)O)N1C(=O)c2c(Cl)c(Cl)c(Cl)c(Cl)c2C1=O. The van der Waals surface area contributed by atoms with Crippen LogP contribution in [0.3, 0.4) is 0 Å². The van der Waals surface area contributed by atoms with Gasteiger partial charge in [0.25, 0.3) is 11.8 Å². The summed E-state index contributed by atoms with van der Waals surface area (Å²) in [5.74, 6) is -4.12. The van der Waals surface area contributed by atoms with Crippen LogP contribution in [-0.4, -0.2) is 45.4 Å². The number of benzene rings is 1. The maximum absolute atomic E-state index is 12.7. The molecule has 11 heteroatoms. The van der Waals surface area contributed by atoms with Crippen LogP contribution in [0, 0.1) is 0 Å². The van der Waals surface area contributed by atoms with Gasteiger partial charge in [-0.2, -0.15) is 0 Å². The number of nitrogens with zero attached hydrogens (tertiary/aromatic N) is 1. The minimum absolute atomic E-state index is 0.226. The highest BCUT2D eigenvalue weighted by atomic mass is 35.5. The zero-order chi connectivity index (χ0) is 21.5. The smallest absolute Gasteiger partial charge is 0.326 e. The molecule has 28 heavy (non-hydrogen) atoms. The molecule has 0 aromatic heterocycles. The molecule has 1 aliphatic rings. The Hall–Kier alpha value is -1.54. The van der Waals surface area contributed by atoms with E-state index in [1.165, 1.54) is 0 Å². The molecule has 1 aliphatic heterocycles. The number of imide groups is 1. The predicted molar refractivity (Wildman–Crippen MR) is 103 cm³/mol. The quantitative estimate of drug-likeness (QED) is 0.295. The molecule has 0 bridgehead atoms. The van der Waals surface area contributed by atoms with E-state index in [1.54, 1.807) is 20.8 Å². The summed E-state index contributed by atoms with van der Waals surface area (Å²) in [7, 11) is 0. The van der Waals surface area contributed by atoms with Gasteiger partial charge in [0.2, 0.25) is 0 Å². The highest BCUT2D eigenvalue weighted by molar-refractivity contribution is 6.55. The topological polar surface area (TPSA) is 101 Å². The van der Waals surface area contributed by atoms with Crippen LogP contribution in [-0.2, 0) is 14.3 Å². The second-order valence-electron chi connectivity index (χ2n) is 6.97. The van der Waals surface area contributed by atoms with Crippen molar-refractivity contribution in [2.24, 2.45) is 0 Å². The van der Waals surface area contributed by atoms with E-state index in [2.05, 4.69) is 0 Å². The Kier molecular flexibility index (Phi) is 6.55. The predicted octanol–water partition coefficient (Wildman–Crippen LogP) is 4.47. The number of halogens is 4. The molecule has 1 aromatic carbocycles. The van der Waals surface area contributed by atoms with E-state index in [4.69, 9.17) is 51.1 Å². The normalized spacial score (nSPS) is 14.9. The number of rotatable bonds is 5. The van der Waals surface area contributed by atoms with Gasteiger partial charge in [-0.05, 0) is 27.2 Å². The van der Waals surface area contributed by atoms with Crippen molar-refractivity contribution in [3.05, 3.63) is 31.2 Å². The number of carbonyl (C=O) groups is 4. The van der Waals surface area contributed by atoms with Crippen LogP contribution in [0.5, 0.6) is 0 Å². The van der Waals surface area contributed by atoms with Crippen molar-refractivity contribution < 1.29 is 29.0 Å². The van der Waals surface area contributed by atoms with E-state index in [0.717, 1.165) is 0 Å². The van der Waals surface area contributed by atoms with Gasteiger partial charge in [-0.1, -0.05) is 46.4 Å². The summed E-state index contributed by atoms with van der Waals surface area (Å²) in [5, 5.41) is 8.47. The Morgan fingerprint density at radius 1 is 0.964 bits per heavy atom. The summed E-state index contributed by atoms with van der Waals surface area (Å²) in [6, 6.07) is -1.63. The van der Waals surface area contributed by atoms with Gasteiger partial charge in [0.15, 0.2) is 0 Å². The minimum Gasteiger partial charge on any atom is -0.480 e. The van der Waals surface area contributed by atoms with Crippen LogP contribution in [0.15, 0.2) is 0 Å². The number of carbonyl (C=O) groups excluding carboxylic acids is 3. The Labute approximate surface area is 180 Å². The molecule has 1 atom stereocenters. The molecule has 1 heterocycles. The van der Waals surface area contributed by atoms with Gasteiger partial charge in [0.1, 0.15) is 11.6 Å². The molecule has 7 nitrogen and oxygen atoms in total. The lowest BCUT2D eigenvalue weighted by molar-refractivity contribution is -0.155. The molecule has 0 radical (unpaired) electrons. The van der Waals surface area contributed by atoms with Crippen LogP contribution in [0.25, 0.3) is 0 Å². The number of hydrogen-bond donors (Lipinski definition) is 1. The van der Waals surface area contributed by atoms with E-state index in [-0.39, 0.29) is 44.1 Å². The number of ether oxygens (including phenoxy) is 1. The molecule has 0 saturated carbocycles. The van der Waals surface area contributed by atoms with Crippen LogP contribution >= 0.6 is 46.4 Å². The number of fused-ring (bicyclic) bond motifs is 1. The molecule has 2 rings (SSSR count). The average Bonchev–Trinajstić information content (AvgIpc) is 2.81. The highest BCUT2D eigenvalue weighted by Crippen LogP contribution is 2.45. The van der Waals surface area contributed by atoms with E-state index < -0.39 is 35.4 Å². The monoisotopic (exact) mass is 469 g/mol. The Balaban J connectivity index is 2.37. The molecular weight excluding hydrogens is 456 g/mol. The van der Waals surface area contributed by atoms with E-state index >= 15 is 0 Å². The van der Waals surface area contributed by atoms with Gasteiger partial charge in [-0.3, -0.25) is 19.3 Å². The zero-order valence-corrected chi connectivity index (χ0v) is 18.0. The lowest BCUT2D eigenvalue weighted by Gasteiger charge is -2.23. The van der Waals surface area contributed by atoms with Crippen molar-refractivity contribution in [2.45, 2.75) is 45.3 Å². The van der Waals surface area contributed by atoms with Crippen LogP contribution in [0.4, 0.5) is 0 Å². The average molecular weight is 471 g/mol. The highest BCUT2D eigenvalue weighted by Gasteiger charge is 2.46. The largest absolute Gasteiger partial charge is 0.480 e. The number of amides is 2. The van der Waals surface area contributed by atoms with E-state index in [0.29, 0.717) is 4.90 Å². The second kappa shape index (κ2) is 8.06.